The monoisotopic (exact) mass is 300 g/mol. The lowest BCUT2D eigenvalue weighted by Crippen LogP contribution is -2.25. The molecule has 0 bridgehead atoms. The Morgan fingerprint density at radius 2 is 1.67 bits per heavy atom. The minimum atomic E-state index is 0.307. The first-order chi connectivity index (χ1) is 10.4. The molecule has 2 nitrogen and oxygen atoms in total. The van der Waals surface area contributed by atoms with Crippen molar-refractivity contribution < 1.29 is 9.47 Å². The lowest BCUT2D eigenvalue weighted by atomic mass is 10.1. The van der Waals surface area contributed by atoms with Crippen LogP contribution in [0, 0.1) is 0 Å². The summed E-state index contributed by atoms with van der Waals surface area (Å²) < 4.78 is 11.3. The average Bonchev–Trinajstić information content (AvgIpc) is 2.56. The fourth-order valence-electron chi connectivity index (χ4n) is 2.34. The molecule has 3 heteroatoms. The van der Waals surface area contributed by atoms with Crippen LogP contribution in [0.25, 0.3) is 0 Å². The summed E-state index contributed by atoms with van der Waals surface area (Å²) in [6.07, 6.45) is 2.29. The second-order valence-electron chi connectivity index (χ2n) is 5.18. The smallest absolute Gasteiger partial charge is 0.119 e. The summed E-state index contributed by atoms with van der Waals surface area (Å²) in [5.41, 5.74) is 1.35. The highest BCUT2D eigenvalue weighted by Crippen LogP contribution is 2.26. The van der Waals surface area contributed by atoms with E-state index in [0.29, 0.717) is 6.10 Å². The van der Waals surface area contributed by atoms with E-state index in [2.05, 4.69) is 54.6 Å². The molecule has 0 N–H and O–H groups in total. The quantitative estimate of drug-likeness (QED) is 0.755. The third-order valence-corrected chi connectivity index (χ3v) is 4.63. The van der Waals surface area contributed by atoms with Gasteiger partial charge in [0.1, 0.15) is 11.9 Å². The zero-order valence-corrected chi connectivity index (χ0v) is 12.9. The maximum Gasteiger partial charge on any atom is 0.119 e. The Morgan fingerprint density at radius 3 is 2.38 bits per heavy atom. The molecule has 1 aliphatic rings. The van der Waals surface area contributed by atoms with Gasteiger partial charge in [0.15, 0.2) is 0 Å². The Balaban J connectivity index is 1.51. The first-order valence-corrected chi connectivity index (χ1v) is 8.40. The second kappa shape index (κ2) is 7.53. The first-order valence-electron chi connectivity index (χ1n) is 7.41. The molecule has 2 aromatic rings. The van der Waals surface area contributed by atoms with Gasteiger partial charge in [0.25, 0.3) is 0 Å². The van der Waals surface area contributed by atoms with Crippen LogP contribution in [-0.2, 0) is 10.5 Å². The lowest BCUT2D eigenvalue weighted by Gasteiger charge is -2.23. The molecule has 3 rings (SSSR count). The molecule has 0 unspecified atom stereocenters. The highest BCUT2D eigenvalue weighted by Gasteiger charge is 2.14. The maximum absolute atomic E-state index is 5.98. The number of benzene rings is 2. The molecule has 110 valence electrons. The third-order valence-electron chi connectivity index (χ3n) is 3.54. The van der Waals surface area contributed by atoms with E-state index in [9.17, 15) is 0 Å². The minimum absolute atomic E-state index is 0.307. The van der Waals surface area contributed by atoms with Crippen LogP contribution in [0.4, 0.5) is 0 Å². The first kappa shape index (κ1) is 14.5. The van der Waals surface area contributed by atoms with E-state index >= 15 is 0 Å². The standard InChI is InChI=1S/C18H20O2S/c1-2-4-15(5-3-1)14-21-18-8-6-16(7-9-18)20-17-10-12-19-13-11-17/h1-9,17H,10-14H2. The van der Waals surface area contributed by atoms with Crippen LogP contribution in [-0.4, -0.2) is 19.3 Å². The maximum atomic E-state index is 5.98. The van der Waals surface area contributed by atoms with Gasteiger partial charge in [-0.05, 0) is 29.8 Å². The summed E-state index contributed by atoms with van der Waals surface area (Å²) in [7, 11) is 0. The van der Waals surface area contributed by atoms with Crippen molar-refractivity contribution in [2.24, 2.45) is 0 Å². The molecule has 0 saturated carbocycles. The summed E-state index contributed by atoms with van der Waals surface area (Å²) in [5, 5.41) is 0. The summed E-state index contributed by atoms with van der Waals surface area (Å²) in [4.78, 5) is 1.28. The SMILES string of the molecule is c1ccc(CSc2ccc(OC3CCOCC3)cc2)cc1. The normalized spacial score (nSPS) is 15.8. The van der Waals surface area contributed by atoms with Crippen molar-refractivity contribution in [2.75, 3.05) is 13.2 Å². The molecule has 0 aromatic heterocycles. The molecule has 0 aliphatic carbocycles. The molecule has 2 aromatic carbocycles. The molecule has 0 radical (unpaired) electrons. The van der Waals surface area contributed by atoms with E-state index in [0.717, 1.165) is 37.6 Å². The molecule has 0 spiro atoms. The van der Waals surface area contributed by atoms with E-state index in [1.807, 2.05) is 11.8 Å². The third kappa shape index (κ3) is 4.51. The van der Waals surface area contributed by atoms with Crippen LogP contribution >= 0.6 is 11.8 Å². The van der Waals surface area contributed by atoms with Crippen LogP contribution in [0.15, 0.2) is 59.5 Å². The number of rotatable bonds is 5. The van der Waals surface area contributed by atoms with Crippen LogP contribution in [0.2, 0.25) is 0 Å². The fraction of sp³-hybridized carbons (Fsp3) is 0.333. The van der Waals surface area contributed by atoms with Gasteiger partial charge in [-0.3, -0.25) is 0 Å². The Morgan fingerprint density at radius 1 is 0.952 bits per heavy atom. The van der Waals surface area contributed by atoms with Gasteiger partial charge in [0.2, 0.25) is 0 Å². The van der Waals surface area contributed by atoms with Crippen molar-refractivity contribution in [3.05, 3.63) is 60.2 Å². The highest BCUT2D eigenvalue weighted by molar-refractivity contribution is 7.98. The van der Waals surface area contributed by atoms with Gasteiger partial charge in [-0.25, -0.2) is 0 Å². The van der Waals surface area contributed by atoms with Crippen molar-refractivity contribution in [1.82, 2.24) is 0 Å². The fourth-order valence-corrected chi connectivity index (χ4v) is 3.20. The van der Waals surface area contributed by atoms with Crippen LogP contribution in [0.5, 0.6) is 5.75 Å². The van der Waals surface area contributed by atoms with E-state index in [4.69, 9.17) is 9.47 Å². The average molecular weight is 300 g/mol. The van der Waals surface area contributed by atoms with Crippen molar-refractivity contribution in [2.45, 2.75) is 29.6 Å². The minimum Gasteiger partial charge on any atom is -0.490 e. The topological polar surface area (TPSA) is 18.5 Å². The highest BCUT2D eigenvalue weighted by atomic mass is 32.2. The zero-order chi connectivity index (χ0) is 14.3. The lowest BCUT2D eigenvalue weighted by molar-refractivity contribution is 0.0255. The van der Waals surface area contributed by atoms with Crippen LogP contribution in [0.3, 0.4) is 0 Å². The molecular formula is C18H20O2S. The molecule has 1 heterocycles. The van der Waals surface area contributed by atoms with Gasteiger partial charge >= 0.3 is 0 Å². The molecule has 21 heavy (non-hydrogen) atoms. The number of thioether (sulfide) groups is 1. The zero-order valence-electron chi connectivity index (χ0n) is 12.0. The van der Waals surface area contributed by atoms with Crippen molar-refractivity contribution in [3.8, 4) is 5.75 Å². The second-order valence-corrected chi connectivity index (χ2v) is 6.22. The largest absolute Gasteiger partial charge is 0.490 e. The Labute approximate surface area is 130 Å². The van der Waals surface area contributed by atoms with Crippen molar-refractivity contribution >= 4 is 11.8 Å². The van der Waals surface area contributed by atoms with Gasteiger partial charge in [0.05, 0.1) is 13.2 Å². The molecule has 0 atom stereocenters. The van der Waals surface area contributed by atoms with E-state index < -0.39 is 0 Å². The predicted molar refractivity (Wildman–Crippen MR) is 86.9 cm³/mol. The molecule has 1 saturated heterocycles. The predicted octanol–water partition coefficient (Wildman–Crippen LogP) is 4.54. The summed E-state index contributed by atoms with van der Waals surface area (Å²) in [6, 6.07) is 19.0. The van der Waals surface area contributed by atoms with E-state index in [1.54, 1.807) is 0 Å². The van der Waals surface area contributed by atoms with Crippen LogP contribution < -0.4 is 4.74 Å². The van der Waals surface area contributed by atoms with Crippen molar-refractivity contribution in [3.63, 3.8) is 0 Å². The summed E-state index contributed by atoms with van der Waals surface area (Å²) in [5.74, 6) is 1.96. The Kier molecular flexibility index (Phi) is 5.19. The van der Waals surface area contributed by atoms with Gasteiger partial charge in [0, 0.05) is 23.5 Å². The molecular weight excluding hydrogens is 280 g/mol. The van der Waals surface area contributed by atoms with Gasteiger partial charge in [-0.15, -0.1) is 11.8 Å². The number of hydrogen-bond donors (Lipinski definition) is 0. The van der Waals surface area contributed by atoms with Gasteiger partial charge < -0.3 is 9.47 Å². The molecule has 0 amide bonds. The van der Waals surface area contributed by atoms with Crippen LogP contribution in [0.1, 0.15) is 18.4 Å². The van der Waals surface area contributed by atoms with Gasteiger partial charge in [-0.1, -0.05) is 30.3 Å². The van der Waals surface area contributed by atoms with Crippen molar-refractivity contribution in [1.29, 1.82) is 0 Å². The molecule has 1 aliphatic heterocycles. The number of hydrogen-bond acceptors (Lipinski definition) is 3. The molecule has 1 fully saturated rings. The Hall–Kier alpha value is -1.45. The Bertz CT molecular complexity index is 533. The number of ether oxygens (including phenoxy) is 2. The summed E-state index contributed by atoms with van der Waals surface area (Å²) in [6.45, 7) is 1.63. The van der Waals surface area contributed by atoms with E-state index in [1.165, 1.54) is 10.5 Å². The van der Waals surface area contributed by atoms with E-state index in [-0.39, 0.29) is 0 Å². The van der Waals surface area contributed by atoms with Gasteiger partial charge in [-0.2, -0.15) is 0 Å². The summed E-state index contributed by atoms with van der Waals surface area (Å²) >= 11 is 1.85.